The highest BCUT2D eigenvalue weighted by Gasteiger charge is 2.23. The van der Waals surface area contributed by atoms with Crippen molar-refractivity contribution in [1.29, 1.82) is 0 Å². The largest absolute Gasteiger partial charge is 0.494 e. The molecule has 0 radical (unpaired) electrons. The second-order valence-electron chi connectivity index (χ2n) is 8.81. The summed E-state index contributed by atoms with van der Waals surface area (Å²) in [6, 6.07) is 9.44. The molecule has 0 spiro atoms. The molecule has 11 nitrogen and oxygen atoms in total. The Balaban J connectivity index is 1.44. The van der Waals surface area contributed by atoms with Crippen LogP contribution in [-0.2, 0) is 4.79 Å². The number of benzene rings is 2. The molecule has 1 N–H and O–H groups in total. The number of methoxy groups -OCH3 is 3. The van der Waals surface area contributed by atoms with E-state index in [0.29, 0.717) is 85.5 Å². The summed E-state index contributed by atoms with van der Waals surface area (Å²) in [4.78, 5) is 24.9. The lowest BCUT2D eigenvalue weighted by atomic mass is 10.1. The molecule has 0 bridgehead atoms. The monoisotopic (exact) mass is 521 g/mol. The number of fused-ring (bicyclic) bond motifs is 1. The van der Waals surface area contributed by atoms with Crippen molar-refractivity contribution in [2.45, 2.75) is 6.92 Å². The fourth-order valence-corrected chi connectivity index (χ4v) is 4.59. The minimum absolute atomic E-state index is 0.0869. The van der Waals surface area contributed by atoms with E-state index < -0.39 is 0 Å². The van der Waals surface area contributed by atoms with E-state index in [0.717, 1.165) is 11.3 Å². The fraction of sp³-hybridized carbons (Fsp3) is 0.370. The third-order valence-corrected chi connectivity index (χ3v) is 6.60. The molecule has 1 amide bonds. The number of aromatic nitrogens is 2. The van der Waals surface area contributed by atoms with E-state index in [1.807, 2.05) is 35.2 Å². The van der Waals surface area contributed by atoms with E-state index in [9.17, 15) is 4.79 Å². The molecule has 5 rings (SSSR count). The lowest BCUT2D eigenvalue weighted by Crippen LogP contribution is -2.48. The number of hydrogen-bond donors (Lipinski definition) is 1. The molecule has 38 heavy (non-hydrogen) atoms. The normalized spacial score (nSPS) is 14.6. The average molecular weight is 522 g/mol. The van der Waals surface area contributed by atoms with Gasteiger partial charge in [-0.05, 0) is 18.2 Å². The maximum Gasteiger partial charge on any atom is 0.228 e. The molecular formula is C27H31N5O6. The van der Waals surface area contributed by atoms with Gasteiger partial charge < -0.3 is 38.8 Å². The van der Waals surface area contributed by atoms with Crippen molar-refractivity contribution in [1.82, 2.24) is 14.9 Å². The maximum atomic E-state index is 11.7. The standard InChI is InChI=1S/C27H31N5O6/c1-17(33)31-7-9-32(10-8-31)20-15-22(34-2)19(14-23(20)35-3)29-27-28-16-25(36-4)26(30-27)18-5-6-21-24(13-18)38-12-11-37-21/h5-6,13-16H,7-12H2,1-4H3,(H,28,29,30). The number of nitrogens with zero attached hydrogens (tertiary/aromatic N) is 4. The summed E-state index contributed by atoms with van der Waals surface area (Å²) in [5, 5.41) is 3.26. The molecule has 200 valence electrons. The van der Waals surface area contributed by atoms with Gasteiger partial charge in [0.25, 0.3) is 0 Å². The first-order valence-corrected chi connectivity index (χ1v) is 12.3. The zero-order valence-electron chi connectivity index (χ0n) is 21.9. The van der Waals surface area contributed by atoms with Crippen molar-refractivity contribution in [3.05, 3.63) is 36.5 Å². The number of nitrogens with one attached hydrogen (secondary N) is 1. The minimum atomic E-state index is 0.0869. The molecule has 0 saturated carbocycles. The molecular weight excluding hydrogens is 490 g/mol. The van der Waals surface area contributed by atoms with Crippen LogP contribution in [0.5, 0.6) is 28.7 Å². The molecule has 1 aromatic heterocycles. The van der Waals surface area contributed by atoms with Gasteiger partial charge in [-0.2, -0.15) is 0 Å². The van der Waals surface area contributed by atoms with Gasteiger partial charge in [0.2, 0.25) is 11.9 Å². The van der Waals surface area contributed by atoms with Gasteiger partial charge in [-0.1, -0.05) is 0 Å². The summed E-state index contributed by atoms with van der Waals surface area (Å²) >= 11 is 0. The Hall–Kier alpha value is -4.41. The third kappa shape index (κ3) is 5.04. The Bertz CT molecular complexity index is 1330. The Morgan fingerprint density at radius 1 is 0.895 bits per heavy atom. The van der Waals surface area contributed by atoms with E-state index >= 15 is 0 Å². The highest BCUT2D eigenvalue weighted by molar-refractivity contribution is 5.77. The van der Waals surface area contributed by atoms with E-state index in [4.69, 9.17) is 28.7 Å². The van der Waals surface area contributed by atoms with Crippen LogP contribution in [0.4, 0.5) is 17.3 Å². The van der Waals surface area contributed by atoms with Gasteiger partial charge in [0.05, 0.1) is 38.9 Å². The number of rotatable bonds is 7. The van der Waals surface area contributed by atoms with Crippen LogP contribution in [0.2, 0.25) is 0 Å². The van der Waals surface area contributed by atoms with Crippen molar-refractivity contribution in [3.8, 4) is 40.0 Å². The number of carbonyl (C=O) groups excluding carboxylic acids is 1. The van der Waals surface area contributed by atoms with Gasteiger partial charge in [-0.3, -0.25) is 4.79 Å². The lowest BCUT2D eigenvalue weighted by molar-refractivity contribution is -0.129. The van der Waals surface area contributed by atoms with Crippen LogP contribution in [0.25, 0.3) is 11.3 Å². The molecule has 2 aliphatic heterocycles. The first-order valence-electron chi connectivity index (χ1n) is 12.3. The van der Waals surface area contributed by atoms with Gasteiger partial charge in [-0.25, -0.2) is 9.97 Å². The zero-order valence-corrected chi connectivity index (χ0v) is 21.9. The van der Waals surface area contributed by atoms with Crippen molar-refractivity contribution < 1.29 is 28.5 Å². The fourth-order valence-electron chi connectivity index (χ4n) is 4.59. The van der Waals surface area contributed by atoms with E-state index in [1.165, 1.54) is 0 Å². The highest BCUT2D eigenvalue weighted by Crippen LogP contribution is 2.41. The van der Waals surface area contributed by atoms with E-state index in [2.05, 4.69) is 15.2 Å². The van der Waals surface area contributed by atoms with Crippen LogP contribution in [0.3, 0.4) is 0 Å². The van der Waals surface area contributed by atoms with Gasteiger partial charge in [0.15, 0.2) is 17.2 Å². The number of carbonyl (C=O) groups is 1. The Kier molecular flexibility index (Phi) is 7.25. The van der Waals surface area contributed by atoms with Crippen molar-refractivity contribution in [3.63, 3.8) is 0 Å². The summed E-state index contributed by atoms with van der Waals surface area (Å²) in [5.41, 5.74) is 2.95. The first kappa shape index (κ1) is 25.2. The molecule has 3 heterocycles. The summed E-state index contributed by atoms with van der Waals surface area (Å²) in [5.74, 6) is 3.61. The summed E-state index contributed by atoms with van der Waals surface area (Å²) in [6.07, 6.45) is 1.62. The number of piperazine rings is 1. The number of anilines is 3. The van der Waals surface area contributed by atoms with Gasteiger partial charge in [-0.15, -0.1) is 0 Å². The van der Waals surface area contributed by atoms with Crippen molar-refractivity contribution in [2.75, 3.05) is 70.9 Å². The molecule has 2 aliphatic rings. The predicted molar refractivity (Wildman–Crippen MR) is 142 cm³/mol. The molecule has 0 atom stereocenters. The van der Waals surface area contributed by atoms with Crippen LogP contribution < -0.4 is 33.9 Å². The summed E-state index contributed by atoms with van der Waals surface area (Å²) in [6.45, 7) is 5.33. The molecule has 1 fully saturated rings. The number of hydrogen-bond acceptors (Lipinski definition) is 10. The molecule has 3 aromatic rings. The average Bonchev–Trinajstić information content (AvgIpc) is 2.96. The highest BCUT2D eigenvalue weighted by atomic mass is 16.6. The Morgan fingerprint density at radius 2 is 1.61 bits per heavy atom. The second-order valence-corrected chi connectivity index (χ2v) is 8.81. The maximum absolute atomic E-state index is 11.7. The van der Waals surface area contributed by atoms with Gasteiger partial charge in [0, 0.05) is 50.8 Å². The predicted octanol–water partition coefficient (Wildman–Crippen LogP) is 3.35. The van der Waals surface area contributed by atoms with Crippen LogP contribution >= 0.6 is 0 Å². The Labute approximate surface area is 221 Å². The lowest BCUT2D eigenvalue weighted by Gasteiger charge is -2.36. The van der Waals surface area contributed by atoms with Crippen LogP contribution in [-0.4, -0.2) is 81.5 Å². The third-order valence-electron chi connectivity index (χ3n) is 6.60. The number of amides is 1. The van der Waals surface area contributed by atoms with Crippen molar-refractivity contribution >= 4 is 23.2 Å². The summed E-state index contributed by atoms with van der Waals surface area (Å²) < 4.78 is 28.4. The molecule has 0 unspecified atom stereocenters. The summed E-state index contributed by atoms with van der Waals surface area (Å²) in [7, 11) is 4.82. The van der Waals surface area contributed by atoms with Crippen LogP contribution in [0, 0.1) is 0 Å². The van der Waals surface area contributed by atoms with Gasteiger partial charge in [0.1, 0.15) is 30.4 Å². The molecule has 1 saturated heterocycles. The van der Waals surface area contributed by atoms with Crippen molar-refractivity contribution in [2.24, 2.45) is 0 Å². The van der Waals surface area contributed by atoms with Gasteiger partial charge >= 0.3 is 0 Å². The smallest absolute Gasteiger partial charge is 0.228 e. The number of ether oxygens (including phenoxy) is 5. The molecule has 0 aliphatic carbocycles. The second kappa shape index (κ2) is 10.9. The first-order chi connectivity index (χ1) is 18.5. The minimum Gasteiger partial charge on any atom is -0.494 e. The van der Waals surface area contributed by atoms with Crippen LogP contribution in [0.1, 0.15) is 6.92 Å². The van der Waals surface area contributed by atoms with Crippen LogP contribution in [0.15, 0.2) is 36.5 Å². The Morgan fingerprint density at radius 3 is 2.29 bits per heavy atom. The zero-order chi connectivity index (χ0) is 26.6. The quantitative estimate of drug-likeness (QED) is 0.497. The van der Waals surface area contributed by atoms with E-state index in [1.54, 1.807) is 34.4 Å². The molecule has 11 heteroatoms. The SMILES string of the molecule is COc1cc(N2CCN(C(C)=O)CC2)c(OC)cc1Nc1ncc(OC)c(-c2ccc3c(c2)OCCO3)n1. The molecule has 2 aromatic carbocycles. The van der Waals surface area contributed by atoms with E-state index in [-0.39, 0.29) is 5.91 Å². The topological polar surface area (TPSA) is 108 Å².